The summed E-state index contributed by atoms with van der Waals surface area (Å²) < 4.78 is 0. The molecule has 27 heavy (non-hydrogen) atoms. The molecule has 1 heterocycles. The van der Waals surface area contributed by atoms with Gasteiger partial charge in [-0.15, -0.1) is 12.4 Å². The number of rotatable bonds is 4. The minimum Gasteiger partial charge on any atom is -0.339 e. The highest BCUT2D eigenvalue weighted by atomic mass is 35.5. The molecule has 0 spiro atoms. The standard InChI is InChI=1S/C21H37N3O2.ClH/c1-21(22)12-6-5-9-18(21)20(26)24-15-13-23(14-16-24)19(25)11-10-17-7-3-2-4-8-17;/h17-18H,2-16,22H2,1H3;1H. The summed E-state index contributed by atoms with van der Waals surface area (Å²) in [4.78, 5) is 29.4. The maximum Gasteiger partial charge on any atom is 0.227 e. The predicted octanol–water partition coefficient (Wildman–Crippen LogP) is 3.35. The molecule has 0 bridgehead atoms. The van der Waals surface area contributed by atoms with E-state index in [4.69, 9.17) is 5.73 Å². The fourth-order valence-electron chi connectivity index (χ4n) is 5.12. The van der Waals surface area contributed by atoms with Crippen LogP contribution >= 0.6 is 12.4 Å². The molecule has 2 unspecified atom stereocenters. The highest BCUT2D eigenvalue weighted by Gasteiger charge is 2.40. The molecule has 2 aliphatic carbocycles. The quantitative estimate of drug-likeness (QED) is 0.788. The Morgan fingerprint density at radius 2 is 1.52 bits per heavy atom. The molecule has 1 aliphatic heterocycles. The van der Waals surface area contributed by atoms with Gasteiger partial charge in [0.05, 0.1) is 5.92 Å². The maximum absolute atomic E-state index is 12.9. The number of piperazine rings is 1. The van der Waals surface area contributed by atoms with E-state index in [1.165, 1.54) is 32.1 Å². The van der Waals surface area contributed by atoms with Crippen LogP contribution < -0.4 is 5.73 Å². The minimum absolute atomic E-state index is 0. The van der Waals surface area contributed by atoms with Gasteiger partial charge in [-0.2, -0.15) is 0 Å². The molecular weight excluding hydrogens is 362 g/mol. The molecule has 2 atom stereocenters. The summed E-state index contributed by atoms with van der Waals surface area (Å²) in [5.41, 5.74) is 6.03. The van der Waals surface area contributed by atoms with Crippen molar-refractivity contribution >= 4 is 24.2 Å². The van der Waals surface area contributed by atoms with Gasteiger partial charge in [0.2, 0.25) is 11.8 Å². The Labute approximate surface area is 170 Å². The lowest BCUT2D eigenvalue weighted by Gasteiger charge is -2.42. The van der Waals surface area contributed by atoms with Crippen molar-refractivity contribution in [3.05, 3.63) is 0 Å². The third kappa shape index (κ3) is 5.83. The number of carbonyl (C=O) groups excluding carboxylic acids is 2. The molecule has 2 amide bonds. The van der Waals surface area contributed by atoms with E-state index in [-0.39, 0.29) is 35.7 Å². The first-order valence-corrected chi connectivity index (χ1v) is 10.8. The molecule has 3 aliphatic rings. The lowest BCUT2D eigenvalue weighted by molar-refractivity contribution is -0.144. The summed E-state index contributed by atoms with van der Waals surface area (Å²) in [5.74, 6) is 1.20. The van der Waals surface area contributed by atoms with Crippen molar-refractivity contribution in [2.45, 2.75) is 83.1 Å². The minimum atomic E-state index is -0.373. The van der Waals surface area contributed by atoms with E-state index in [2.05, 4.69) is 0 Å². The smallest absolute Gasteiger partial charge is 0.227 e. The zero-order valence-electron chi connectivity index (χ0n) is 17.0. The summed E-state index contributed by atoms with van der Waals surface area (Å²) in [7, 11) is 0. The van der Waals surface area contributed by atoms with Crippen molar-refractivity contribution in [2.75, 3.05) is 26.2 Å². The molecule has 0 radical (unpaired) electrons. The van der Waals surface area contributed by atoms with Crippen LogP contribution in [0.4, 0.5) is 0 Å². The van der Waals surface area contributed by atoms with Crippen LogP contribution in [0.3, 0.4) is 0 Å². The highest BCUT2D eigenvalue weighted by molar-refractivity contribution is 5.85. The topological polar surface area (TPSA) is 66.6 Å². The molecule has 3 rings (SSSR count). The largest absolute Gasteiger partial charge is 0.339 e. The van der Waals surface area contributed by atoms with Crippen molar-refractivity contribution in [3.8, 4) is 0 Å². The van der Waals surface area contributed by atoms with E-state index >= 15 is 0 Å². The van der Waals surface area contributed by atoms with Crippen LogP contribution in [0.25, 0.3) is 0 Å². The van der Waals surface area contributed by atoms with E-state index in [9.17, 15) is 9.59 Å². The number of halogens is 1. The van der Waals surface area contributed by atoms with Crippen LogP contribution in [0.15, 0.2) is 0 Å². The number of nitrogens with zero attached hydrogens (tertiary/aromatic N) is 2. The zero-order chi connectivity index (χ0) is 18.6. The number of carbonyl (C=O) groups is 2. The van der Waals surface area contributed by atoms with Crippen molar-refractivity contribution in [1.29, 1.82) is 0 Å². The van der Waals surface area contributed by atoms with Crippen LogP contribution in [0.1, 0.15) is 77.6 Å². The van der Waals surface area contributed by atoms with Crippen molar-refractivity contribution in [2.24, 2.45) is 17.6 Å². The van der Waals surface area contributed by atoms with Gasteiger partial charge < -0.3 is 15.5 Å². The lowest BCUT2D eigenvalue weighted by atomic mass is 9.74. The number of amides is 2. The van der Waals surface area contributed by atoms with Crippen molar-refractivity contribution < 1.29 is 9.59 Å². The average Bonchev–Trinajstić information content (AvgIpc) is 2.66. The van der Waals surface area contributed by atoms with Gasteiger partial charge in [-0.1, -0.05) is 44.9 Å². The molecule has 156 valence electrons. The third-order valence-electron chi connectivity index (χ3n) is 6.99. The van der Waals surface area contributed by atoms with Crippen LogP contribution in [-0.2, 0) is 9.59 Å². The predicted molar refractivity (Wildman–Crippen MR) is 111 cm³/mol. The normalized spacial score (nSPS) is 29.9. The Kier molecular flexibility index (Phi) is 8.41. The Morgan fingerprint density at radius 3 is 2.15 bits per heavy atom. The summed E-state index contributed by atoms with van der Waals surface area (Å²) in [6.45, 7) is 4.73. The van der Waals surface area contributed by atoms with Gasteiger partial charge in [0.25, 0.3) is 0 Å². The Hall–Kier alpha value is -0.810. The summed E-state index contributed by atoms with van der Waals surface area (Å²) >= 11 is 0. The first kappa shape index (κ1) is 22.5. The van der Waals surface area contributed by atoms with Crippen LogP contribution in [0, 0.1) is 11.8 Å². The second kappa shape index (κ2) is 10.1. The van der Waals surface area contributed by atoms with E-state index in [1.54, 1.807) is 0 Å². The average molecular weight is 400 g/mol. The molecule has 1 saturated heterocycles. The first-order valence-electron chi connectivity index (χ1n) is 10.8. The highest BCUT2D eigenvalue weighted by Crippen LogP contribution is 2.33. The molecule has 6 heteroatoms. The first-order chi connectivity index (χ1) is 12.5. The number of nitrogens with two attached hydrogens (primary N) is 1. The summed E-state index contributed by atoms with van der Waals surface area (Å²) in [6, 6.07) is 0. The number of hydrogen-bond acceptors (Lipinski definition) is 3. The summed E-state index contributed by atoms with van der Waals surface area (Å²) in [6.07, 6.45) is 12.4. The van der Waals surface area contributed by atoms with Crippen molar-refractivity contribution in [1.82, 2.24) is 9.80 Å². The lowest BCUT2D eigenvalue weighted by Crippen LogP contribution is -2.57. The fourth-order valence-corrected chi connectivity index (χ4v) is 5.12. The molecule has 3 fully saturated rings. The van der Waals surface area contributed by atoms with Gasteiger partial charge in [-0.25, -0.2) is 0 Å². The van der Waals surface area contributed by atoms with Gasteiger partial charge >= 0.3 is 0 Å². The molecule has 2 saturated carbocycles. The SMILES string of the molecule is CC1(N)CCCCC1C(=O)N1CCN(C(=O)CCC2CCCCC2)CC1.Cl. The van der Waals surface area contributed by atoms with Crippen molar-refractivity contribution in [3.63, 3.8) is 0 Å². The van der Waals surface area contributed by atoms with E-state index in [0.717, 1.165) is 38.0 Å². The van der Waals surface area contributed by atoms with Crippen LogP contribution in [0.5, 0.6) is 0 Å². The van der Waals surface area contributed by atoms with E-state index in [1.807, 2.05) is 16.7 Å². The number of hydrogen-bond donors (Lipinski definition) is 1. The monoisotopic (exact) mass is 399 g/mol. The zero-order valence-corrected chi connectivity index (χ0v) is 17.8. The Bertz CT molecular complexity index is 498. The fraction of sp³-hybridized carbons (Fsp3) is 0.905. The van der Waals surface area contributed by atoms with Gasteiger partial charge in [0, 0.05) is 38.1 Å². The van der Waals surface area contributed by atoms with E-state index in [0.29, 0.717) is 32.6 Å². The Balaban J connectivity index is 0.00000261. The van der Waals surface area contributed by atoms with Gasteiger partial charge in [-0.05, 0) is 32.1 Å². The molecular formula is C21H38ClN3O2. The second-order valence-electron chi connectivity index (χ2n) is 9.05. The maximum atomic E-state index is 12.9. The molecule has 5 nitrogen and oxygen atoms in total. The Morgan fingerprint density at radius 1 is 0.926 bits per heavy atom. The molecule has 0 aromatic rings. The van der Waals surface area contributed by atoms with Crippen LogP contribution in [-0.4, -0.2) is 53.3 Å². The molecule has 0 aromatic heterocycles. The van der Waals surface area contributed by atoms with Gasteiger partial charge in [0.15, 0.2) is 0 Å². The van der Waals surface area contributed by atoms with Crippen LogP contribution in [0.2, 0.25) is 0 Å². The second-order valence-corrected chi connectivity index (χ2v) is 9.05. The molecule has 2 N–H and O–H groups in total. The summed E-state index contributed by atoms with van der Waals surface area (Å²) in [5, 5.41) is 0. The van der Waals surface area contributed by atoms with Gasteiger partial charge in [-0.3, -0.25) is 9.59 Å². The molecule has 0 aromatic carbocycles. The van der Waals surface area contributed by atoms with E-state index < -0.39 is 0 Å². The van der Waals surface area contributed by atoms with Gasteiger partial charge in [0.1, 0.15) is 0 Å². The third-order valence-corrected chi connectivity index (χ3v) is 6.99.